The van der Waals surface area contributed by atoms with E-state index >= 15 is 0 Å². The molecule has 1 aliphatic heterocycles. The van der Waals surface area contributed by atoms with Gasteiger partial charge in [-0.3, -0.25) is 19.8 Å². The number of aliphatic hydroxyl groups excluding tert-OH is 1. The van der Waals surface area contributed by atoms with Gasteiger partial charge in [0.1, 0.15) is 0 Å². The molecule has 0 aromatic carbocycles. The molecule has 0 bridgehead atoms. The lowest BCUT2D eigenvalue weighted by atomic mass is 9.92. The zero-order chi connectivity index (χ0) is 18.7. The van der Waals surface area contributed by atoms with Crippen molar-refractivity contribution in [2.75, 3.05) is 13.1 Å². The molecule has 2 aromatic heterocycles. The predicted molar refractivity (Wildman–Crippen MR) is 98.7 cm³/mol. The summed E-state index contributed by atoms with van der Waals surface area (Å²) in [6.45, 7) is 8.43. The topological polar surface area (TPSA) is 94.1 Å². The molecule has 1 saturated heterocycles. The minimum Gasteiger partial charge on any atom is -0.390 e. The number of H-pyrrole nitrogens is 1. The second kappa shape index (κ2) is 7.55. The summed E-state index contributed by atoms with van der Waals surface area (Å²) in [6.07, 6.45) is 3.26. The fourth-order valence-electron chi connectivity index (χ4n) is 3.13. The lowest BCUT2D eigenvalue weighted by Crippen LogP contribution is -2.53. The van der Waals surface area contributed by atoms with Crippen LogP contribution in [0.3, 0.4) is 0 Å². The van der Waals surface area contributed by atoms with Gasteiger partial charge in [0, 0.05) is 43.1 Å². The number of carbonyl (C=O) groups excluding carboxylic acids is 1. The number of rotatable bonds is 4. The van der Waals surface area contributed by atoms with Crippen LogP contribution in [0.15, 0.2) is 30.6 Å². The SMILES string of the molecule is CC(C)(C)c1cc(CN2CC[C@@H](NC(=O)c3cccnc3)[C@H](O)C2)[nH]n1. The van der Waals surface area contributed by atoms with E-state index in [0.717, 1.165) is 17.9 Å². The first-order valence-corrected chi connectivity index (χ1v) is 8.99. The molecule has 0 radical (unpaired) electrons. The van der Waals surface area contributed by atoms with Gasteiger partial charge in [0.15, 0.2) is 0 Å². The van der Waals surface area contributed by atoms with E-state index < -0.39 is 6.10 Å². The number of β-amino-alcohol motifs (C(OH)–C–C–N with tert-alkyl or cyclic N) is 1. The third-order valence-electron chi connectivity index (χ3n) is 4.70. The van der Waals surface area contributed by atoms with Crippen LogP contribution in [0.4, 0.5) is 0 Å². The third-order valence-corrected chi connectivity index (χ3v) is 4.70. The first-order valence-electron chi connectivity index (χ1n) is 8.99. The Morgan fingerprint density at radius 1 is 1.46 bits per heavy atom. The summed E-state index contributed by atoms with van der Waals surface area (Å²) in [4.78, 5) is 18.4. The number of aromatic nitrogens is 3. The van der Waals surface area contributed by atoms with Crippen LogP contribution >= 0.6 is 0 Å². The molecule has 1 aliphatic rings. The Hall–Kier alpha value is -2.25. The highest BCUT2D eigenvalue weighted by Gasteiger charge is 2.29. The first kappa shape index (κ1) is 18.5. The van der Waals surface area contributed by atoms with E-state index in [4.69, 9.17) is 0 Å². The molecule has 3 N–H and O–H groups in total. The maximum absolute atomic E-state index is 12.2. The van der Waals surface area contributed by atoms with E-state index in [0.29, 0.717) is 25.1 Å². The van der Waals surface area contributed by atoms with Gasteiger partial charge in [-0.1, -0.05) is 20.8 Å². The van der Waals surface area contributed by atoms with Crippen LogP contribution in [0.1, 0.15) is 48.9 Å². The molecule has 3 rings (SSSR count). The van der Waals surface area contributed by atoms with E-state index in [1.165, 1.54) is 6.20 Å². The number of aromatic amines is 1. The van der Waals surface area contributed by atoms with Crippen molar-refractivity contribution in [3.8, 4) is 0 Å². The molecule has 26 heavy (non-hydrogen) atoms. The molecule has 7 heteroatoms. The van der Waals surface area contributed by atoms with Crippen molar-refractivity contribution >= 4 is 5.91 Å². The molecule has 0 spiro atoms. The third kappa shape index (κ3) is 4.47. The first-order chi connectivity index (χ1) is 12.3. The molecule has 1 amide bonds. The summed E-state index contributed by atoms with van der Waals surface area (Å²) in [7, 11) is 0. The standard InChI is InChI=1S/C19H27N5O2/c1-19(2,3)17-9-14(22-23-17)11-24-8-6-15(16(25)12-24)21-18(26)13-5-4-7-20-10-13/h4-5,7,9-10,15-16,25H,6,8,11-12H2,1-3H3,(H,21,26)(H,22,23)/t15-,16-/m1/s1. The Morgan fingerprint density at radius 3 is 2.88 bits per heavy atom. The molecule has 2 atom stereocenters. The number of nitrogens with one attached hydrogen (secondary N) is 2. The van der Waals surface area contributed by atoms with Crippen molar-refractivity contribution in [2.24, 2.45) is 0 Å². The minimum absolute atomic E-state index is 0.0117. The summed E-state index contributed by atoms with van der Waals surface area (Å²) < 4.78 is 0. The molecular formula is C19H27N5O2. The lowest BCUT2D eigenvalue weighted by Gasteiger charge is -2.36. The fourth-order valence-corrected chi connectivity index (χ4v) is 3.13. The summed E-state index contributed by atoms with van der Waals surface area (Å²) in [5, 5.41) is 20.8. The highest BCUT2D eigenvalue weighted by Crippen LogP contribution is 2.21. The number of pyridine rings is 1. The summed E-state index contributed by atoms with van der Waals surface area (Å²) in [5.41, 5.74) is 2.60. The maximum atomic E-state index is 12.2. The van der Waals surface area contributed by atoms with E-state index in [1.54, 1.807) is 18.3 Å². The minimum atomic E-state index is -0.602. The highest BCUT2D eigenvalue weighted by molar-refractivity contribution is 5.94. The Bertz CT molecular complexity index is 738. The number of hydrogen-bond donors (Lipinski definition) is 3. The van der Waals surface area contributed by atoms with E-state index in [-0.39, 0.29) is 17.4 Å². The van der Waals surface area contributed by atoms with Crippen LogP contribution in [-0.4, -0.2) is 56.3 Å². The molecule has 0 unspecified atom stereocenters. The Kier molecular flexibility index (Phi) is 5.38. The Labute approximate surface area is 153 Å². The van der Waals surface area contributed by atoms with Crippen LogP contribution in [0.25, 0.3) is 0 Å². The second-order valence-corrected chi connectivity index (χ2v) is 7.94. The van der Waals surface area contributed by atoms with Gasteiger partial charge in [-0.25, -0.2) is 0 Å². The van der Waals surface area contributed by atoms with Gasteiger partial charge in [-0.05, 0) is 24.6 Å². The van der Waals surface area contributed by atoms with Crippen molar-refractivity contribution < 1.29 is 9.90 Å². The zero-order valence-electron chi connectivity index (χ0n) is 15.6. The summed E-state index contributed by atoms with van der Waals surface area (Å²) in [5.74, 6) is -0.195. The molecule has 0 saturated carbocycles. The average molecular weight is 357 g/mol. The van der Waals surface area contributed by atoms with Crippen molar-refractivity contribution in [3.05, 3.63) is 47.5 Å². The number of nitrogens with zero attached hydrogens (tertiary/aromatic N) is 3. The molecule has 2 aromatic rings. The zero-order valence-corrected chi connectivity index (χ0v) is 15.6. The predicted octanol–water partition coefficient (Wildman–Crippen LogP) is 1.47. The monoisotopic (exact) mass is 357 g/mol. The summed E-state index contributed by atoms with van der Waals surface area (Å²) >= 11 is 0. The van der Waals surface area contributed by atoms with Gasteiger partial charge in [0.05, 0.1) is 23.4 Å². The smallest absolute Gasteiger partial charge is 0.253 e. The van der Waals surface area contributed by atoms with Crippen LogP contribution in [-0.2, 0) is 12.0 Å². The molecule has 0 aliphatic carbocycles. The van der Waals surface area contributed by atoms with Crippen molar-refractivity contribution in [1.29, 1.82) is 0 Å². The number of carbonyl (C=O) groups is 1. The van der Waals surface area contributed by atoms with Gasteiger partial charge in [0.25, 0.3) is 5.91 Å². The number of likely N-dealkylation sites (tertiary alicyclic amines) is 1. The molecular weight excluding hydrogens is 330 g/mol. The number of aliphatic hydroxyl groups is 1. The van der Waals surface area contributed by atoms with Gasteiger partial charge in [-0.2, -0.15) is 5.10 Å². The quantitative estimate of drug-likeness (QED) is 0.770. The molecule has 7 nitrogen and oxygen atoms in total. The van der Waals surface area contributed by atoms with Crippen LogP contribution in [0.2, 0.25) is 0 Å². The average Bonchev–Trinajstić information content (AvgIpc) is 3.07. The lowest BCUT2D eigenvalue weighted by molar-refractivity contribution is 0.0345. The second-order valence-electron chi connectivity index (χ2n) is 7.94. The van der Waals surface area contributed by atoms with Gasteiger partial charge in [0.2, 0.25) is 0 Å². The highest BCUT2D eigenvalue weighted by atomic mass is 16.3. The van der Waals surface area contributed by atoms with Gasteiger partial charge < -0.3 is 10.4 Å². The van der Waals surface area contributed by atoms with Crippen LogP contribution in [0.5, 0.6) is 0 Å². The normalized spacial score (nSPS) is 21.5. The van der Waals surface area contributed by atoms with E-state index in [2.05, 4.69) is 52.2 Å². The largest absolute Gasteiger partial charge is 0.390 e. The number of hydrogen-bond acceptors (Lipinski definition) is 5. The van der Waals surface area contributed by atoms with Crippen molar-refractivity contribution in [3.63, 3.8) is 0 Å². The Balaban J connectivity index is 1.53. The van der Waals surface area contributed by atoms with E-state index in [9.17, 15) is 9.90 Å². The van der Waals surface area contributed by atoms with Crippen molar-refractivity contribution in [2.45, 2.75) is 51.3 Å². The van der Waals surface area contributed by atoms with Crippen LogP contribution < -0.4 is 5.32 Å². The number of piperidine rings is 1. The summed E-state index contributed by atoms with van der Waals surface area (Å²) in [6, 6.07) is 5.28. The van der Waals surface area contributed by atoms with Gasteiger partial charge in [-0.15, -0.1) is 0 Å². The molecule has 1 fully saturated rings. The number of amides is 1. The fraction of sp³-hybridized carbons (Fsp3) is 0.526. The molecule has 3 heterocycles. The van der Waals surface area contributed by atoms with Crippen LogP contribution in [0, 0.1) is 0 Å². The Morgan fingerprint density at radius 2 is 2.27 bits per heavy atom. The maximum Gasteiger partial charge on any atom is 0.253 e. The van der Waals surface area contributed by atoms with E-state index in [1.807, 2.05) is 0 Å². The van der Waals surface area contributed by atoms with Crippen molar-refractivity contribution in [1.82, 2.24) is 25.4 Å². The molecule has 140 valence electrons. The van der Waals surface area contributed by atoms with Gasteiger partial charge >= 0.3 is 0 Å².